The van der Waals surface area contributed by atoms with Gasteiger partial charge in [-0.15, -0.1) is 0 Å². The zero-order chi connectivity index (χ0) is 8.27. The maximum atomic E-state index is 8.70. The molecule has 3 N–H and O–H groups in total. The molecule has 3 nitrogen and oxygen atoms in total. The zero-order valence-corrected chi connectivity index (χ0v) is 6.99. The molecule has 0 saturated heterocycles. The normalized spacial score (nSPS) is 34.1. The van der Waals surface area contributed by atoms with Crippen LogP contribution in [-0.4, -0.2) is 30.0 Å². The molecule has 0 aromatic rings. The highest BCUT2D eigenvalue weighted by Crippen LogP contribution is 2.21. The highest BCUT2D eigenvalue weighted by atomic mass is 16.5. The van der Waals surface area contributed by atoms with Gasteiger partial charge in [0, 0.05) is 6.04 Å². The van der Waals surface area contributed by atoms with Crippen molar-refractivity contribution in [1.82, 2.24) is 0 Å². The van der Waals surface area contributed by atoms with Gasteiger partial charge in [-0.3, -0.25) is 0 Å². The molecule has 1 aliphatic carbocycles. The molecular formula is C8H17NO2. The van der Waals surface area contributed by atoms with E-state index in [0.29, 0.717) is 6.04 Å². The average molecular weight is 159 g/mol. The van der Waals surface area contributed by atoms with Crippen molar-refractivity contribution in [3.05, 3.63) is 0 Å². The Kier molecular flexibility index (Phi) is 3.30. The summed E-state index contributed by atoms with van der Waals surface area (Å²) < 4.78 is 5.50. The van der Waals surface area contributed by atoms with E-state index in [-0.39, 0.29) is 18.8 Å². The van der Waals surface area contributed by atoms with Gasteiger partial charge in [-0.25, -0.2) is 0 Å². The Bertz CT molecular complexity index is 119. The highest BCUT2D eigenvalue weighted by molar-refractivity contribution is 4.78. The molecular weight excluding hydrogens is 142 g/mol. The van der Waals surface area contributed by atoms with Crippen molar-refractivity contribution in [2.75, 3.05) is 6.61 Å². The van der Waals surface area contributed by atoms with Gasteiger partial charge in [0.05, 0.1) is 18.8 Å². The Labute approximate surface area is 67.5 Å². The standard InChI is InChI=1S/C8H17NO2/c1-6(5-10)11-8-3-2-7(9)4-8/h6-8,10H,2-5,9H2,1H3. The number of rotatable bonds is 3. The molecule has 1 rings (SSSR count). The second-order valence-electron chi connectivity index (χ2n) is 3.32. The topological polar surface area (TPSA) is 55.5 Å². The summed E-state index contributed by atoms with van der Waals surface area (Å²) in [5.41, 5.74) is 5.70. The Morgan fingerprint density at radius 3 is 2.82 bits per heavy atom. The third kappa shape index (κ3) is 2.77. The Morgan fingerprint density at radius 1 is 1.64 bits per heavy atom. The predicted octanol–water partition coefficient (Wildman–Crippen LogP) is 0.264. The third-order valence-corrected chi connectivity index (χ3v) is 2.11. The van der Waals surface area contributed by atoms with Crippen LogP contribution < -0.4 is 5.73 Å². The fraction of sp³-hybridized carbons (Fsp3) is 1.00. The summed E-state index contributed by atoms with van der Waals surface area (Å²) >= 11 is 0. The van der Waals surface area contributed by atoms with E-state index in [2.05, 4.69) is 0 Å². The largest absolute Gasteiger partial charge is 0.394 e. The van der Waals surface area contributed by atoms with Crippen LogP contribution in [0.1, 0.15) is 26.2 Å². The van der Waals surface area contributed by atoms with Crippen LogP contribution in [0.15, 0.2) is 0 Å². The average Bonchev–Trinajstić information content (AvgIpc) is 2.35. The van der Waals surface area contributed by atoms with Crippen molar-refractivity contribution < 1.29 is 9.84 Å². The number of hydrogen-bond donors (Lipinski definition) is 2. The Morgan fingerprint density at radius 2 is 2.36 bits per heavy atom. The molecule has 1 aliphatic rings. The molecule has 0 aromatic heterocycles. The summed E-state index contributed by atoms with van der Waals surface area (Å²) in [6.45, 7) is 1.98. The molecule has 11 heavy (non-hydrogen) atoms. The van der Waals surface area contributed by atoms with E-state index in [1.165, 1.54) is 0 Å². The summed E-state index contributed by atoms with van der Waals surface area (Å²) in [4.78, 5) is 0. The minimum absolute atomic E-state index is 0.0368. The molecule has 3 atom stereocenters. The SMILES string of the molecule is CC(CO)OC1CCC(N)C1. The van der Waals surface area contributed by atoms with Crippen LogP contribution in [-0.2, 0) is 4.74 Å². The molecule has 0 aliphatic heterocycles. The fourth-order valence-corrected chi connectivity index (χ4v) is 1.47. The van der Waals surface area contributed by atoms with E-state index in [4.69, 9.17) is 15.6 Å². The maximum absolute atomic E-state index is 8.70. The molecule has 0 heterocycles. The summed E-state index contributed by atoms with van der Waals surface area (Å²) in [5.74, 6) is 0. The van der Waals surface area contributed by atoms with E-state index in [1.807, 2.05) is 6.92 Å². The monoisotopic (exact) mass is 159 g/mol. The van der Waals surface area contributed by atoms with E-state index in [9.17, 15) is 0 Å². The first-order valence-electron chi connectivity index (χ1n) is 4.24. The summed E-state index contributed by atoms with van der Waals surface area (Å²) in [6.07, 6.45) is 3.30. The van der Waals surface area contributed by atoms with Crippen LogP contribution in [0.3, 0.4) is 0 Å². The smallest absolute Gasteiger partial charge is 0.0781 e. The van der Waals surface area contributed by atoms with Crippen molar-refractivity contribution in [3.8, 4) is 0 Å². The molecule has 3 unspecified atom stereocenters. The van der Waals surface area contributed by atoms with Gasteiger partial charge in [0.1, 0.15) is 0 Å². The van der Waals surface area contributed by atoms with Gasteiger partial charge >= 0.3 is 0 Å². The van der Waals surface area contributed by atoms with Gasteiger partial charge in [-0.2, -0.15) is 0 Å². The number of nitrogens with two attached hydrogens (primary N) is 1. The first kappa shape index (κ1) is 8.97. The fourth-order valence-electron chi connectivity index (χ4n) is 1.47. The van der Waals surface area contributed by atoms with Gasteiger partial charge in [0.25, 0.3) is 0 Å². The van der Waals surface area contributed by atoms with Gasteiger partial charge in [-0.05, 0) is 26.2 Å². The third-order valence-electron chi connectivity index (χ3n) is 2.11. The van der Waals surface area contributed by atoms with Gasteiger partial charge in [0.15, 0.2) is 0 Å². The molecule has 0 aromatic carbocycles. The second-order valence-corrected chi connectivity index (χ2v) is 3.32. The summed E-state index contributed by atoms with van der Waals surface area (Å²) in [5, 5.41) is 8.70. The van der Waals surface area contributed by atoms with E-state index in [0.717, 1.165) is 19.3 Å². The quantitative estimate of drug-likeness (QED) is 0.621. The molecule has 3 heteroatoms. The van der Waals surface area contributed by atoms with Crippen molar-refractivity contribution in [2.24, 2.45) is 5.73 Å². The van der Waals surface area contributed by atoms with Gasteiger partial charge in [0.2, 0.25) is 0 Å². The van der Waals surface area contributed by atoms with Crippen LogP contribution in [0.25, 0.3) is 0 Å². The van der Waals surface area contributed by atoms with E-state index >= 15 is 0 Å². The minimum atomic E-state index is -0.0368. The number of hydrogen-bond acceptors (Lipinski definition) is 3. The lowest BCUT2D eigenvalue weighted by Crippen LogP contribution is -2.22. The Balaban J connectivity index is 2.17. The van der Waals surface area contributed by atoms with Crippen LogP contribution in [0, 0.1) is 0 Å². The lowest BCUT2D eigenvalue weighted by molar-refractivity contribution is -0.0258. The van der Waals surface area contributed by atoms with Crippen molar-refractivity contribution in [3.63, 3.8) is 0 Å². The predicted molar refractivity (Wildman–Crippen MR) is 43.2 cm³/mol. The molecule has 0 amide bonds. The highest BCUT2D eigenvalue weighted by Gasteiger charge is 2.23. The van der Waals surface area contributed by atoms with E-state index in [1.54, 1.807) is 0 Å². The molecule has 66 valence electrons. The van der Waals surface area contributed by atoms with Crippen LogP contribution in [0.5, 0.6) is 0 Å². The number of ether oxygens (including phenoxy) is 1. The van der Waals surface area contributed by atoms with Crippen molar-refractivity contribution in [2.45, 2.75) is 44.4 Å². The Hall–Kier alpha value is -0.120. The molecule has 0 bridgehead atoms. The van der Waals surface area contributed by atoms with Crippen molar-refractivity contribution in [1.29, 1.82) is 0 Å². The zero-order valence-electron chi connectivity index (χ0n) is 6.99. The van der Waals surface area contributed by atoms with E-state index < -0.39 is 0 Å². The number of aliphatic hydroxyl groups excluding tert-OH is 1. The number of aliphatic hydroxyl groups is 1. The van der Waals surface area contributed by atoms with Crippen LogP contribution in [0.2, 0.25) is 0 Å². The molecule has 0 spiro atoms. The van der Waals surface area contributed by atoms with Crippen LogP contribution in [0.4, 0.5) is 0 Å². The minimum Gasteiger partial charge on any atom is -0.394 e. The first-order chi connectivity index (χ1) is 5.22. The summed E-state index contributed by atoms with van der Waals surface area (Å²) in [7, 11) is 0. The van der Waals surface area contributed by atoms with Crippen LogP contribution >= 0.6 is 0 Å². The van der Waals surface area contributed by atoms with Crippen molar-refractivity contribution >= 4 is 0 Å². The molecule has 1 fully saturated rings. The van der Waals surface area contributed by atoms with Gasteiger partial charge in [-0.1, -0.05) is 0 Å². The van der Waals surface area contributed by atoms with Gasteiger partial charge < -0.3 is 15.6 Å². The lowest BCUT2D eigenvalue weighted by Gasteiger charge is -2.16. The molecule has 0 radical (unpaired) electrons. The lowest BCUT2D eigenvalue weighted by atomic mass is 10.3. The second kappa shape index (κ2) is 4.04. The summed E-state index contributed by atoms with van der Waals surface area (Å²) in [6, 6.07) is 0.311. The first-order valence-corrected chi connectivity index (χ1v) is 4.24. The molecule has 1 saturated carbocycles. The maximum Gasteiger partial charge on any atom is 0.0781 e.